The van der Waals surface area contributed by atoms with Crippen LogP contribution in [0.15, 0.2) is 41.5 Å². The fourth-order valence-electron chi connectivity index (χ4n) is 3.50. The van der Waals surface area contributed by atoms with E-state index >= 15 is 0 Å². The molecule has 0 aromatic heterocycles. The first-order valence-electron chi connectivity index (χ1n) is 9.36. The minimum atomic E-state index is -4.61. The van der Waals surface area contributed by atoms with Crippen molar-refractivity contribution in [2.24, 2.45) is 5.10 Å². The normalized spacial score (nSPS) is 21.2. The van der Waals surface area contributed by atoms with Crippen LogP contribution in [0.4, 0.5) is 18.9 Å². The molecule has 4 nitrogen and oxygen atoms in total. The van der Waals surface area contributed by atoms with E-state index in [0.29, 0.717) is 16.8 Å². The van der Waals surface area contributed by atoms with Gasteiger partial charge in [-0.3, -0.25) is 9.80 Å². The Morgan fingerprint density at radius 1 is 1.17 bits per heavy atom. The monoisotopic (exact) mass is 455 g/mol. The molecule has 4 rings (SSSR count). The SMILES string of the molecule is Cc1cc(N2CC(c3cc(Cl)cc(Cl)c3)(C(F)(F)F)C=N2)ccc1C(=O)NC1CC1. The molecule has 1 amide bonds. The molecule has 9 heteroatoms. The number of amides is 1. The van der Waals surface area contributed by atoms with Crippen LogP contribution in [0.5, 0.6) is 0 Å². The van der Waals surface area contributed by atoms with Gasteiger partial charge in [-0.2, -0.15) is 18.3 Å². The largest absolute Gasteiger partial charge is 0.405 e. The van der Waals surface area contributed by atoms with Crippen molar-refractivity contribution in [3.05, 3.63) is 63.1 Å². The smallest absolute Gasteiger partial charge is 0.349 e. The summed E-state index contributed by atoms with van der Waals surface area (Å²) < 4.78 is 42.5. The Kier molecular flexibility index (Phi) is 5.22. The van der Waals surface area contributed by atoms with E-state index in [2.05, 4.69) is 10.4 Å². The van der Waals surface area contributed by atoms with E-state index in [1.54, 1.807) is 25.1 Å². The Balaban J connectivity index is 1.64. The summed E-state index contributed by atoms with van der Waals surface area (Å²) >= 11 is 11.9. The average Bonchev–Trinajstić information content (AvgIpc) is 3.32. The van der Waals surface area contributed by atoms with Crippen LogP contribution in [0.1, 0.15) is 34.3 Å². The number of benzene rings is 2. The fraction of sp³-hybridized carbons (Fsp3) is 0.333. The zero-order chi connectivity index (χ0) is 21.7. The van der Waals surface area contributed by atoms with Crippen LogP contribution in [0.2, 0.25) is 10.0 Å². The summed E-state index contributed by atoms with van der Waals surface area (Å²) in [5.41, 5.74) is -0.798. The van der Waals surface area contributed by atoms with Gasteiger partial charge in [0.25, 0.3) is 5.91 Å². The third-order valence-corrected chi connectivity index (χ3v) is 5.80. The molecule has 1 fully saturated rings. The Morgan fingerprint density at radius 3 is 2.40 bits per heavy atom. The Morgan fingerprint density at radius 2 is 1.83 bits per heavy atom. The molecule has 2 aromatic carbocycles. The number of hydrogen-bond acceptors (Lipinski definition) is 3. The van der Waals surface area contributed by atoms with E-state index in [0.717, 1.165) is 19.1 Å². The number of rotatable bonds is 4. The number of hydrogen-bond donors (Lipinski definition) is 1. The number of aryl methyl sites for hydroxylation is 1. The molecule has 1 saturated carbocycles. The molecule has 0 bridgehead atoms. The molecule has 1 unspecified atom stereocenters. The molecular formula is C21H18Cl2F3N3O. The van der Waals surface area contributed by atoms with Crippen molar-refractivity contribution in [2.75, 3.05) is 11.6 Å². The van der Waals surface area contributed by atoms with Gasteiger partial charge in [0, 0.05) is 27.9 Å². The number of nitrogens with zero attached hydrogens (tertiary/aromatic N) is 2. The lowest BCUT2D eigenvalue weighted by atomic mass is 9.81. The van der Waals surface area contributed by atoms with E-state index in [1.807, 2.05) is 0 Å². The van der Waals surface area contributed by atoms with Gasteiger partial charge in [0.2, 0.25) is 0 Å². The summed E-state index contributed by atoms with van der Waals surface area (Å²) in [5, 5.41) is 8.46. The number of halogens is 5. The molecule has 1 atom stereocenters. The maximum absolute atomic E-state index is 14.2. The highest BCUT2D eigenvalue weighted by Crippen LogP contribution is 2.45. The fourth-order valence-corrected chi connectivity index (χ4v) is 4.03. The van der Waals surface area contributed by atoms with Crippen molar-refractivity contribution in [2.45, 2.75) is 37.4 Å². The first kappa shape index (κ1) is 21.0. The summed E-state index contributed by atoms with van der Waals surface area (Å²) in [4.78, 5) is 12.3. The molecule has 30 heavy (non-hydrogen) atoms. The molecule has 0 spiro atoms. The average molecular weight is 456 g/mol. The Labute approximate surface area is 181 Å². The minimum absolute atomic E-state index is 0.0732. The second kappa shape index (κ2) is 7.46. The summed E-state index contributed by atoms with van der Waals surface area (Å²) in [6, 6.07) is 8.99. The van der Waals surface area contributed by atoms with Gasteiger partial charge in [0.1, 0.15) is 5.41 Å². The Bertz CT molecular complexity index is 1020. The minimum Gasteiger partial charge on any atom is -0.349 e. The van der Waals surface area contributed by atoms with Crippen molar-refractivity contribution >= 4 is 41.0 Å². The number of nitrogens with one attached hydrogen (secondary N) is 1. The predicted octanol–water partition coefficient (Wildman–Crippen LogP) is 5.50. The van der Waals surface area contributed by atoms with E-state index in [4.69, 9.17) is 23.2 Å². The lowest BCUT2D eigenvalue weighted by molar-refractivity contribution is -0.164. The molecule has 1 aliphatic heterocycles. The third-order valence-electron chi connectivity index (χ3n) is 5.37. The van der Waals surface area contributed by atoms with Crippen molar-refractivity contribution in [3.8, 4) is 0 Å². The summed E-state index contributed by atoms with van der Waals surface area (Å²) in [5.74, 6) is -0.176. The number of carbonyl (C=O) groups excluding carboxylic acids is 1. The van der Waals surface area contributed by atoms with Crippen molar-refractivity contribution < 1.29 is 18.0 Å². The molecular weight excluding hydrogens is 438 g/mol. The van der Waals surface area contributed by atoms with Crippen LogP contribution >= 0.6 is 23.2 Å². The summed E-state index contributed by atoms with van der Waals surface area (Å²) in [7, 11) is 0. The van der Waals surface area contributed by atoms with Crippen molar-refractivity contribution in [3.63, 3.8) is 0 Å². The molecule has 0 radical (unpaired) electrons. The number of hydrazone groups is 1. The maximum Gasteiger partial charge on any atom is 0.405 e. The number of anilines is 1. The second-order valence-electron chi connectivity index (χ2n) is 7.68. The van der Waals surface area contributed by atoms with E-state index in [9.17, 15) is 18.0 Å². The molecule has 158 valence electrons. The van der Waals surface area contributed by atoms with Crippen molar-refractivity contribution in [1.29, 1.82) is 0 Å². The molecule has 0 saturated heterocycles. The van der Waals surface area contributed by atoms with E-state index in [-0.39, 0.29) is 27.6 Å². The highest BCUT2D eigenvalue weighted by molar-refractivity contribution is 6.34. The molecule has 2 aliphatic rings. The highest BCUT2D eigenvalue weighted by Gasteiger charge is 2.58. The van der Waals surface area contributed by atoms with Crippen LogP contribution in [-0.2, 0) is 5.41 Å². The summed E-state index contributed by atoms with van der Waals surface area (Å²) in [6.07, 6.45) is -1.78. The van der Waals surface area contributed by atoms with Crippen LogP contribution < -0.4 is 10.3 Å². The first-order chi connectivity index (χ1) is 14.1. The Hall–Kier alpha value is -2.25. The third kappa shape index (κ3) is 3.88. The highest BCUT2D eigenvalue weighted by atomic mass is 35.5. The maximum atomic E-state index is 14.2. The van der Waals surface area contributed by atoms with E-state index in [1.165, 1.54) is 23.2 Å². The van der Waals surface area contributed by atoms with Gasteiger partial charge in [-0.15, -0.1) is 0 Å². The molecule has 1 aliphatic carbocycles. The molecule has 1 N–H and O–H groups in total. The number of alkyl halides is 3. The van der Waals surface area contributed by atoms with Gasteiger partial charge < -0.3 is 5.32 Å². The lowest BCUT2D eigenvalue weighted by Crippen LogP contribution is -2.47. The van der Waals surface area contributed by atoms with Crippen LogP contribution in [-0.4, -0.2) is 30.9 Å². The predicted molar refractivity (Wildman–Crippen MR) is 112 cm³/mol. The van der Waals surface area contributed by atoms with Crippen LogP contribution in [0.25, 0.3) is 0 Å². The first-order valence-corrected chi connectivity index (χ1v) is 10.1. The van der Waals surface area contributed by atoms with E-state index < -0.39 is 18.1 Å². The van der Waals surface area contributed by atoms with Gasteiger partial charge >= 0.3 is 6.18 Å². The van der Waals surface area contributed by atoms with Crippen molar-refractivity contribution in [1.82, 2.24) is 5.32 Å². The topological polar surface area (TPSA) is 44.7 Å². The van der Waals surface area contributed by atoms with Gasteiger partial charge in [-0.25, -0.2) is 0 Å². The number of carbonyl (C=O) groups is 1. The zero-order valence-electron chi connectivity index (χ0n) is 15.9. The van der Waals surface area contributed by atoms with Gasteiger partial charge in [0.05, 0.1) is 12.2 Å². The van der Waals surface area contributed by atoms with Crippen LogP contribution in [0.3, 0.4) is 0 Å². The standard InChI is InChI=1S/C21H18Cl2F3N3O/c1-12-6-17(4-5-18(12)19(30)28-16-2-3-16)29-11-20(10-27-29,21(24,25)26)13-7-14(22)9-15(23)8-13/h4-10,16H,2-3,11H2,1H3,(H,28,30). The second-order valence-corrected chi connectivity index (χ2v) is 8.55. The molecule has 2 aromatic rings. The quantitative estimate of drug-likeness (QED) is 0.661. The van der Waals surface area contributed by atoms with Gasteiger partial charge in [-0.1, -0.05) is 23.2 Å². The van der Waals surface area contributed by atoms with Gasteiger partial charge in [-0.05, 0) is 67.3 Å². The van der Waals surface area contributed by atoms with Crippen LogP contribution in [0, 0.1) is 6.92 Å². The zero-order valence-corrected chi connectivity index (χ0v) is 17.4. The van der Waals surface area contributed by atoms with Gasteiger partial charge in [0.15, 0.2) is 0 Å². The summed E-state index contributed by atoms with van der Waals surface area (Å²) in [6.45, 7) is 1.29. The lowest BCUT2D eigenvalue weighted by Gasteiger charge is -2.31. The molecule has 1 heterocycles.